The zero-order chi connectivity index (χ0) is 29.6. The number of aromatic nitrogens is 5. The summed E-state index contributed by atoms with van der Waals surface area (Å²) >= 11 is 5.86. The van der Waals surface area contributed by atoms with E-state index in [1.165, 1.54) is 11.1 Å². The number of anilines is 2. The number of nitrogens with zero attached hydrogens (tertiary/aromatic N) is 7. The van der Waals surface area contributed by atoms with Crippen LogP contribution in [-0.4, -0.2) is 47.9 Å². The van der Waals surface area contributed by atoms with Crippen molar-refractivity contribution in [3.8, 4) is 17.1 Å². The third-order valence-electron chi connectivity index (χ3n) is 7.09. The third-order valence-corrected chi connectivity index (χ3v) is 7.46. The second-order valence-electron chi connectivity index (χ2n) is 10.3. The number of ether oxygens (including phenoxy) is 1. The van der Waals surface area contributed by atoms with Crippen LogP contribution in [0.3, 0.4) is 0 Å². The summed E-state index contributed by atoms with van der Waals surface area (Å²) in [6, 6.07) is 7.17. The summed E-state index contributed by atoms with van der Waals surface area (Å²) in [6.07, 6.45) is 3.03. The van der Waals surface area contributed by atoms with Gasteiger partial charge in [0.25, 0.3) is 17.3 Å². The summed E-state index contributed by atoms with van der Waals surface area (Å²) in [6.45, 7) is 17.0. The van der Waals surface area contributed by atoms with E-state index in [4.69, 9.17) is 28.5 Å². The van der Waals surface area contributed by atoms with E-state index in [2.05, 4.69) is 19.9 Å². The molecule has 41 heavy (non-hydrogen) atoms. The van der Waals surface area contributed by atoms with Crippen molar-refractivity contribution in [3.05, 3.63) is 63.5 Å². The van der Waals surface area contributed by atoms with Crippen LogP contribution in [0.2, 0.25) is 0 Å². The zero-order valence-electron chi connectivity index (χ0n) is 23.8. The van der Waals surface area contributed by atoms with E-state index in [-0.39, 0.29) is 22.4 Å². The molecule has 1 aliphatic rings. The number of benzene rings is 1. The summed E-state index contributed by atoms with van der Waals surface area (Å²) in [5.74, 6) is 0.897. The molecule has 0 aliphatic carbocycles. The highest BCUT2D eigenvalue weighted by molar-refractivity contribution is 7.81. The van der Waals surface area contributed by atoms with Crippen LogP contribution in [0.25, 0.3) is 27.3 Å². The highest BCUT2D eigenvalue weighted by atomic mass is 32.1. The van der Waals surface area contributed by atoms with Gasteiger partial charge in [0, 0.05) is 12.7 Å². The lowest BCUT2D eigenvalue weighted by Crippen LogP contribution is -2.44. The number of fused-ring (bicyclic) bond motifs is 1. The number of H-pyrrole nitrogens is 1. The molecule has 4 aromatic rings. The van der Waals surface area contributed by atoms with Gasteiger partial charge >= 0.3 is 0 Å². The van der Waals surface area contributed by atoms with E-state index < -0.39 is 5.54 Å². The molecular weight excluding hydrogens is 540 g/mol. The minimum atomic E-state index is -1.05. The Balaban J connectivity index is 1.65. The van der Waals surface area contributed by atoms with Crippen LogP contribution in [-0.2, 0) is 18.3 Å². The van der Waals surface area contributed by atoms with Crippen molar-refractivity contribution in [1.82, 2.24) is 24.7 Å². The molecular formula is C29H30N8O3S. The van der Waals surface area contributed by atoms with Crippen LogP contribution in [0.4, 0.5) is 17.2 Å². The molecule has 1 aromatic carbocycles. The van der Waals surface area contributed by atoms with Crippen molar-refractivity contribution in [2.24, 2.45) is 7.05 Å². The molecule has 11 nitrogen and oxygen atoms in total. The molecule has 1 fully saturated rings. The highest BCUT2D eigenvalue weighted by Crippen LogP contribution is 2.40. The van der Waals surface area contributed by atoms with Crippen LogP contribution in [0.1, 0.15) is 45.4 Å². The number of thiocarbonyl (C=S) groups is 1. The Morgan fingerprint density at radius 1 is 1.17 bits per heavy atom. The van der Waals surface area contributed by atoms with Gasteiger partial charge in [-0.25, -0.2) is 4.98 Å². The van der Waals surface area contributed by atoms with E-state index in [9.17, 15) is 9.59 Å². The first kappa shape index (κ1) is 27.9. The number of aromatic amines is 1. The first-order valence-electron chi connectivity index (χ1n) is 13.3. The largest absolute Gasteiger partial charge is 0.493 e. The summed E-state index contributed by atoms with van der Waals surface area (Å²) in [5, 5.41) is 4.78. The van der Waals surface area contributed by atoms with E-state index in [1.54, 1.807) is 49.5 Å². The predicted octanol–water partition coefficient (Wildman–Crippen LogP) is 4.85. The molecule has 3 aromatic heterocycles. The lowest BCUT2D eigenvalue weighted by molar-refractivity contribution is -0.120. The molecule has 5 rings (SSSR count). The first-order chi connectivity index (χ1) is 19.5. The van der Waals surface area contributed by atoms with Crippen molar-refractivity contribution in [3.63, 3.8) is 0 Å². The third kappa shape index (κ3) is 4.52. The molecule has 1 N–H and O–H groups in total. The van der Waals surface area contributed by atoms with Crippen LogP contribution in [0, 0.1) is 13.5 Å². The number of aryl methyl sites for hydroxylation is 3. The molecule has 1 amide bonds. The van der Waals surface area contributed by atoms with Gasteiger partial charge in [0.1, 0.15) is 28.8 Å². The molecule has 4 heterocycles. The van der Waals surface area contributed by atoms with Gasteiger partial charge in [0.05, 0.1) is 23.6 Å². The highest BCUT2D eigenvalue weighted by Gasteiger charge is 2.50. The second-order valence-corrected chi connectivity index (χ2v) is 10.7. The SMILES string of the molecule is [C-]#[N+]c1ncc(N2C(=O)C(C)(C)N(c3ccc(OCC)c(-c4nc5c(CCC)nn(C)c5c(=O)[nH]4)c3)C2=S)cc1C. The van der Waals surface area contributed by atoms with Crippen molar-refractivity contribution in [1.29, 1.82) is 0 Å². The Bertz CT molecular complexity index is 1820. The Hall–Kier alpha value is -4.63. The maximum Gasteiger partial charge on any atom is 0.277 e. The maximum atomic E-state index is 13.7. The van der Waals surface area contributed by atoms with Gasteiger partial charge in [-0.3, -0.25) is 19.2 Å². The average molecular weight is 571 g/mol. The second kappa shape index (κ2) is 10.4. The number of rotatable bonds is 7. The summed E-state index contributed by atoms with van der Waals surface area (Å²) in [4.78, 5) is 45.5. The van der Waals surface area contributed by atoms with Gasteiger partial charge in [0.15, 0.2) is 10.6 Å². The topological polar surface area (TPSA) is 114 Å². The van der Waals surface area contributed by atoms with Crippen LogP contribution < -0.4 is 20.1 Å². The molecule has 1 aliphatic heterocycles. The number of carbonyl (C=O) groups excluding carboxylic acids is 1. The van der Waals surface area contributed by atoms with Gasteiger partial charge in [-0.15, -0.1) is 4.98 Å². The average Bonchev–Trinajstić information content (AvgIpc) is 3.33. The van der Waals surface area contributed by atoms with Crippen LogP contribution in [0.5, 0.6) is 5.75 Å². The van der Waals surface area contributed by atoms with Crippen molar-refractivity contribution in [2.75, 3.05) is 16.4 Å². The number of pyridine rings is 1. The maximum absolute atomic E-state index is 13.7. The molecule has 0 radical (unpaired) electrons. The van der Waals surface area contributed by atoms with Gasteiger partial charge in [0.2, 0.25) is 0 Å². The van der Waals surface area contributed by atoms with Crippen LogP contribution >= 0.6 is 12.2 Å². The Morgan fingerprint density at radius 3 is 2.59 bits per heavy atom. The fourth-order valence-electron chi connectivity index (χ4n) is 5.15. The number of nitrogens with one attached hydrogen (secondary N) is 1. The van der Waals surface area contributed by atoms with Crippen molar-refractivity contribution < 1.29 is 9.53 Å². The smallest absolute Gasteiger partial charge is 0.277 e. The molecule has 0 bridgehead atoms. The summed E-state index contributed by atoms with van der Waals surface area (Å²) in [5.41, 5.74) is 2.67. The molecule has 12 heteroatoms. The Labute approximate surface area is 242 Å². The number of carbonyl (C=O) groups is 1. The molecule has 0 spiro atoms. The van der Waals surface area contributed by atoms with Gasteiger partial charge < -0.3 is 19.5 Å². The van der Waals surface area contributed by atoms with Crippen molar-refractivity contribution in [2.45, 2.75) is 53.0 Å². The fraction of sp³-hybridized carbons (Fsp3) is 0.345. The van der Waals surface area contributed by atoms with Gasteiger partial charge in [-0.1, -0.05) is 19.9 Å². The lowest BCUT2D eigenvalue weighted by atomic mass is 10.0. The molecule has 0 saturated carbocycles. The molecule has 0 atom stereocenters. The minimum Gasteiger partial charge on any atom is -0.493 e. The number of amides is 1. The predicted molar refractivity (Wildman–Crippen MR) is 162 cm³/mol. The van der Waals surface area contributed by atoms with Crippen molar-refractivity contribution >= 4 is 51.5 Å². The normalized spacial score (nSPS) is 14.7. The Morgan fingerprint density at radius 2 is 1.93 bits per heavy atom. The minimum absolute atomic E-state index is 0.234. The van der Waals surface area contributed by atoms with Gasteiger partial charge in [-0.2, -0.15) is 5.10 Å². The molecule has 0 unspecified atom stereocenters. The zero-order valence-corrected chi connectivity index (χ0v) is 24.6. The lowest BCUT2D eigenvalue weighted by Gasteiger charge is -2.30. The van der Waals surface area contributed by atoms with E-state index in [0.717, 1.165) is 12.1 Å². The quantitative estimate of drug-likeness (QED) is 0.248. The number of hydrogen-bond acceptors (Lipinski definition) is 7. The number of hydrogen-bond donors (Lipinski definition) is 1. The first-order valence-corrected chi connectivity index (χ1v) is 13.7. The van der Waals surface area contributed by atoms with E-state index in [1.807, 2.05) is 26.0 Å². The summed E-state index contributed by atoms with van der Waals surface area (Å²) in [7, 11) is 1.73. The monoisotopic (exact) mass is 570 g/mol. The standard InChI is InChI=1S/C29H30N8O3S/c1-8-10-20-22-23(35(7)34-20)26(38)33-25(32-22)19-14-17(11-12-21(19)40-9-2)37-28(41)36(27(39)29(37,4)5)18-13-16(3)24(30-6)31-15-18/h11-15H,8-10H2,1-5,7H3,(H,32,33,38). The Kier molecular flexibility index (Phi) is 7.08. The van der Waals surface area contributed by atoms with E-state index in [0.29, 0.717) is 58.1 Å². The molecule has 210 valence electrons. The van der Waals surface area contributed by atoms with E-state index >= 15 is 0 Å². The van der Waals surface area contributed by atoms with Crippen LogP contribution in [0.15, 0.2) is 35.3 Å². The fourth-order valence-corrected chi connectivity index (χ4v) is 5.67. The molecule has 1 saturated heterocycles. The van der Waals surface area contributed by atoms with Gasteiger partial charge in [-0.05, 0) is 76.2 Å². The summed E-state index contributed by atoms with van der Waals surface area (Å²) < 4.78 is 7.48.